The number of nitrogens with one attached hydrogen (secondary N) is 1. The molecule has 0 aliphatic rings. The Kier molecular flexibility index (Phi) is 4.30. The zero-order valence-corrected chi connectivity index (χ0v) is 12.3. The molecule has 0 unspecified atom stereocenters. The number of hydrogen-bond acceptors (Lipinski definition) is 2. The van der Waals surface area contributed by atoms with Crippen LogP contribution in [0.1, 0.15) is 12.5 Å². The summed E-state index contributed by atoms with van der Waals surface area (Å²) in [5.41, 5.74) is 0.699. The highest BCUT2D eigenvalue weighted by Gasteiger charge is 2.17. The lowest BCUT2D eigenvalue weighted by atomic mass is 10.1. The van der Waals surface area contributed by atoms with E-state index in [2.05, 4.69) is 4.72 Å². The van der Waals surface area contributed by atoms with E-state index in [4.69, 9.17) is 11.6 Å². The summed E-state index contributed by atoms with van der Waals surface area (Å²) in [6.45, 7) is 1.83. The van der Waals surface area contributed by atoms with Crippen molar-refractivity contribution in [2.45, 2.75) is 18.2 Å². The predicted molar refractivity (Wildman–Crippen MR) is 78.0 cm³/mol. The molecule has 0 heterocycles. The van der Waals surface area contributed by atoms with Gasteiger partial charge in [-0.2, -0.15) is 0 Å². The van der Waals surface area contributed by atoms with Gasteiger partial charge in [-0.1, -0.05) is 36.7 Å². The third kappa shape index (κ3) is 3.11. The summed E-state index contributed by atoms with van der Waals surface area (Å²) in [5, 5.41) is 0.116. The van der Waals surface area contributed by atoms with Crippen LogP contribution < -0.4 is 4.72 Å². The molecular weight excluding hydrogens is 301 g/mol. The summed E-state index contributed by atoms with van der Waals surface area (Å²) in [6, 6.07) is 10.3. The van der Waals surface area contributed by atoms with Crippen LogP contribution in [0.3, 0.4) is 0 Å². The van der Waals surface area contributed by atoms with E-state index >= 15 is 0 Å². The molecule has 0 aromatic heterocycles. The molecule has 0 saturated carbocycles. The molecule has 0 atom stereocenters. The maximum atomic E-state index is 13.6. The zero-order chi connectivity index (χ0) is 14.8. The van der Waals surface area contributed by atoms with Gasteiger partial charge >= 0.3 is 0 Å². The molecule has 6 heteroatoms. The van der Waals surface area contributed by atoms with E-state index in [1.54, 1.807) is 18.2 Å². The molecule has 0 aliphatic heterocycles. The minimum absolute atomic E-state index is 0.0401. The molecule has 0 saturated heterocycles. The van der Waals surface area contributed by atoms with E-state index in [0.717, 1.165) is 6.07 Å². The Morgan fingerprint density at radius 1 is 1.20 bits per heavy atom. The number of hydrogen-bond donors (Lipinski definition) is 1. The van der Waals surface area contributed by atoms with Crippen molar-refractivity contribution in [3.63, 3.8) is 0 Å². The van der Waals surface area contributed by atoms with Crippen molar-refractivity contribution in [3.8, 4) is 0 Å². The van der Waals surface area contributed by atoms with E-state index in [0.29, 0.717) is 12.0 Å². The molecule has 1 N–H and O–H groups in total. The third-order valence-corrected chi connectivity index (χ3v) is 4.69. The maximum absolute atomic E-state index is 13.6. The first kappa shape index (κ1) is 14.8. The topological polar surface area (TPSA) is 46.2 Å². The Morgan fingerprint density at radius 2 is 1.90 bits per heavy atom. The highest BCUT2D eigenvalue weighted by Crippen LogP contribution is 2.24. The van der Waals surface area contributed by atoms with Crippen LogP contribution in [0.4, 0.5) is 10.1 Å². The molecule has 20 heavy (non-hydrogen) atoms. The van der Waals surface area contributed by atoms with Crippen LogP contribution in [0.2, 0.25) is 5.02 Å². The molecule has 106 valence electrons. The van der Waals surface area contributed by atoms with Crippen molar-refractivity contribution in [2.24, 2.45) is 0 Å². The summed E-state index contributed by atoms with van der Waals surface area (Å²) in [7, 11) is -3.83. The van der Waals surface area contributed by atoms with Crippen LogP contribution >= 0.6 is 11.6 Å². The molecule has 2 rings (SSSR count). The predicted octanol–water partition coefficient (Wildman–Crippen LogP) is 3.84. The minimum atomic E-state index is -3.83. The summed E-state index contributed by atoms with van der Waals surface area (Å²) in [5.74, 6) is -0.438. The normalized spacial score (nSPS) is 11.3. The Labute approximate surface area is 122 Å². The molecular formula is C14H13ClFNO2S. The first-order valence-electron chi connectivity index (χ1n) is 6.00. The average molecular weight is 314 g/mol. The van der Waals surface area contributed by atoms with Gasteiger partial charge in [-0.05, 0) is 36.2 Å². The molecule has 2 aromatic rings. The summed E-state index contributed by atoms with van der Waals surface area (Å²) >= 11 is 5.86. The van der Waals surface area contributed by atoms with Crippen LogP contribution in [-0.4, -0.2) is 8.42 Å². The number of halogens is 2. The Morgan fingerprint density at radius 3 is 2.50 bits per heavy atom. The number of aryl methyl sites for hydroxylation is 1. The van der Waals surface area contributed by atoms with Gasteiger partial charge < -0.3 is 0 Å². The molecule has 0 radical (unpaired) electrons. The van der Waals surface area contributed by atoms with Crippen LogP contribution in [0.15, 0.2) is 47.4 Å². The molecule has 0 aliphatic carbocycles. The van der Waals surface area contributed by atoms with Gasteiger partial charge in [-0.15, -0.1) is 0 Å². The van der Waals surface area contributed by atoms with Gasteiger partial charge in [0, 0.05) is 0 Å². The largest absolute Gasteiger partial charge is 0.279 e. The lowest BCUT2D eigenvalue weighted by Crippen LogP contribution is -2.13. The van der Waals surface area contributed by atoms with Gasteiger partial charge in [0.1, 0.15) is 10.7 Å². The SMILES string of the molecule is CCc1ccc(NS(=O)(=O)c2ccccc2Cl)cc1F. The van der Waals surface area contributed by atoms with Gasteiger partial charge in [0.25, 0.3) is 10.0 Å². The highest BCUT2D eigenvalue weighted by molar-refractivity contribution is 7.92. The minimum Gasteiger partial charge on any atom is -0.279 e. The van der Waals surface area contributed by atoms with Crippen molar-refractivity contribution in [3.05, 3.63) is 58.9 Å². The van der Waals surface area contributed by atoms with E-state index < -0.39 is 15.8 Å². The van der Waals surface area contributed by atoms with E-state index in [9.17, 15) is 12.8 Å². The van der Waals surface area contributed by atoms with E-state index in [1.807, 2.05) is 6.92 Å². The van der Waals surface area contributed by atoms with Gasteiger partial charge in [0.15, 0.2) is 0 Å². The molecule has 3 nitrogen and oxygen atoms in total. The van der Waals surface area contributed by atoms with Crippen molar-refractivity contribution in [1.82, 2.24) is 0 Å². The van der Waals surface area contributed by atoms with Crippen molar-refractivity contribution in [2.75, 3.05) is 4.72 Å². The second-order valence-electron chi connectivity index (χ2n) is 4.20. The maximum Gasteiger partial charge on any atom is 0.263 e. The number of anilines is 1. The lowest BCUT2D eigenvalue weighted by molar-refractivity contribution is 0.601. The van der Waals surface area contributed by atoms with Crippen LogP contribution in [0.25, 0.3) is 0 Å². The monoisotopic (exact) mass is 313 g/mol. The smallest absolute Gasteiger partial charge is 0.263 e. The number of rotatable bonds is 4. The number of benzene rings is 2. The van der Waals surface area contributed by atoms with Crippen LogP contribution in [-0.2, 0) is 16.4 Å². The third-order valence-electron chi connectivity index (χ3n) is 2.81. The molecule has 0 bridgehead atoms. The first-order chi connectivity index (χ1) is 9.44. The van der Waals surface area contributed by atoms with Gasteiger partial charge in [-0.3, -0.25) is 4.72 Å². The Balaban J connectivity index is 2.34. The highest BCUT2D eigenvalue weighted by atomic mass is 35.5. The molecule has 0 spiro atoms. The van der Waals surface area contributed by atoms with Gasteiger partial charge in [0.2, 0.25) is 0 Å². The van der Waals surface area contributed by atoms with Crippen LogP contribution in [0, 0.1) is 5.82 Å². The summed E-state index contributed by atoms with van der Waals surface area (Å²) in [4.78, 5) is -0.0401. The molecule has 0 amide bonds. The standard InChI is InChI=1S/C14H13ClFNO2S/c1-2-10-7-8-11(9-13(10)16)17-20(18,19)14-6-4-3-5-12(14)15/h3-9,17H,2H2,1H3. The quantitative estimate of drug-likeness (QED) is 0.932. The van der Waals surface area contributed by atoms with Crippen molar-refractivity contribution in [1.29, 1.82) is 0 Å². The first-order valence-corrected chi connectivity index (χ1v) is 7.86. The molecule has 0 fully saturated rings. The zero-order valence-electron chi connectivity index (χ0n) is 10.7. The Hall–Kier alpha value is -1.59. The van der Waals surface area contributed by atoms with Crippen molar-refractivity contribution < 1.29 is 12.8 Å². The van der Waals surface area contributed by atoms with Crippen molar-refractivity contribution >= 4 is 27.3 Å². The van der Waals surface area contributed by atoms with Gasteiger partial charge in [-0.25, -0.2) is 12.8 Å². The van der Waals surface area contributed by atoms with Crippen LogP contribution in [0.5, 0.6) is 0 Å². The second-order valence-corrected chi connectivity index (χ2v) is 6.25. The van der Waals surface area contributed by atoms with E-state index in [-0.39, 0.29) is 15.6 Å². The fourth-order valence-corrected chi connectivity index (χ4v) is 3.34. The number of sulfonamides is 1. The Bertz CT molecular complexity index is 732. The lowest BCUT2D eigenvalue weighted by Gasteiger charge is -2.10. The summed E-state index contributed by atoms with van der Waals surface area (Å²) < 4.78 is 40.3. The average Bonchev–Trinajstić information content (AvgIpc) is 2.38. The van der Waals surface area contributed by atoms with Gasteiger partial charge in [0.05, 0.1) is 10.7 Å². The summed E-state index contributed by atoms with van der Waals surface area (Å²) in [6.07, 6.45) is 0.545. The fraction of sp³-hybridized carbons (Fsp3) is 0.143. The molecule has 2 aromatic carbocycles. The van der Waals surface area contributed by atoms with E-state index in [1.165, 1.54) is 18.2 Å². The second kappa shape index (κ2) is 5.81. The fourth-order valence-electron chi connectivity index (χ4n) is 1.77.